The number of carbonyl (C=O) groups is 2. The molecule has 4 rings (SSSR count). The zero-order valence-electron chi connectivity index (χ0n) is 17.9. The van der Waals surface area contributed by atoms with Gasteiger partial charge in [0.1, 0.15) is 5.75 Å². The van der Waals surface area contributed by atoms with Crippen molar-refractivity contribution < 1.29 is 14.3 Å². The Balaban J connectivity index is 1.32. The van der Waals surface area contributed by atoms with Gasteiger partial charge in [0.25, 0.3) is 0 Å². The molecule has 3 heterocycles. The number of piperidine rings is 1. The van der Waals surface area contributed by atoms with Crippen molar-refractivity contribution in [2.45, 2.75) is 19.8 Å². The molecule has 1 atom stereocenters. The first kappa shape index (κ1) is 21.4. The quantitative estimate of drug-likeness (QED) is 0.755. The highest BCUT2D eigenvalue weighted by molar-refractivity contribution is 7.09. The predicted octanol–water partition coefficient (Wildman–Crippen LogP) is 2.07. The Bertz CT molecular complexity index is 910. The Morgan fingerprint density at radius 3 is 2.52 bits per heavy atom. The maximum atomic E-state index is 13.2. The van der Waals surface area contributed by atoms with E-state index < -0.39 is 0 Å². The zero-order valence-corrected chi connectivity index (χ0v) is 18.7. The molecular weight excluding hydrogens is 416 g/mol. The molecule has 0 bridgehead atoms. The lowest BCUT2D eigenvalue weighted by Crippen LogP contribution is -2.52. The molecule has 9 nitrogen and oxygen atoms in total. The number of piperazine rings is 1. The molecule has 1 aromatic heterocycles. The molecule has 0 unspecified atom stereocenters. The monoisotopic (exact) mass is 444 g/mol. The molecule has 2 aromatic rings. The zero-order chi connectivity index (χ0) is 21.8. The Hall–Kier alpha value is -2.88. The molecular formula is C21H28N6O3S. The number of carbonyl (C=O) groups excluding carboxylic acids is 2. The van der Waals surface area contributed by atoms with Crippen molar-refractivity contribution in [1.82, 2.24) is 14.3 Å². The van der Waals surface area contributed by atoms with E-state index in [1.54, 1.807) is 7.11 Å². The summed E-state index contributed by atoms with van der Waals surface area (Å²) in [6.07, 6.45) is 1.84. The summed E-state index contributed by atoms with van der Waals surface area (Å²) in [6.45, 7) is 6.04. The highest BCUT2D eigenvalue weighted by Crippen LogP contribution is 2.28. The van der Waals surface area contributed by atoms with E-state index in [2.05, 4.69) is 36.6 Å². The third kappa shape index (κ3) is 5.07. The minimum atomic E-state index is -0.190. The van der Waals surface area contributed by atoms with Gasteiger partial charge in [-0.25, -0.2) is 0 Å². The first-order valence-corrected chi connectivity index (χ1v) is 11.3. The number of hydrogen-bond acceptors (Lipinski definition) is 8. The van der Waals surface area contributed by atoms with Crippen molar-refractivity contribution in [3.63, 3.8) is 0 Å². The molecule has 2 saturated heterocycles. The summed E-state index contributed by atoms with van der Waals surface area (Å²) in [6, 6.07) is 8.06. The van der Waals surface area contributed by atoms with E-state index in [1.807, 2.05) is 17.0 Å². The summed E-state index contributed by atoms with van der Waals surface area (Å²) in [5.74, 6) is 1.18. The second-order valence-electron chi connectivity index (χ2n) is 7.88. The summed E-state index contributed by atoms with van der Waals surface area (Å²) in [5.41, 5.74) is 1.16. The van der Waals surface area contributed by atoms with Crippen LogP contribution < -0.4 is 19.9 Å². The van der Waals surface area contributed by atoms with Crippen LogP contribution in [0.5, 0.6) is 5.75 Å². The average molecular weight is 445 g/mol. The highest BCUT2D eigenvalue weighted by Gasteiger charge is 2.32. The van der Waals surface area contributed by atoms with Gasteiger partial charge in [-0.2, -0.15) is 9.36 Å². The van der Waals surface area contributed by atoms with Gasteiger partial charge in [0.2, 0.25) is 22.9 Å². The fourth-order valence-electron chi connectivity index (χ4n) is 4.14. The maximum absolute atomic E-state index is 13.2. The molecule has 2 aliphatic heterocycles. The fraction of sp³-hybridized carbons (Fsp3) is 0.524. The lowest BCUT2D eigenvalue weighted by molar-refractivity contribution is -0.136. The number of rotatable bonds is 5. The summed E-state index contributed by atoms with van der Waals surface area (Å²) in [7, 11) is 1.67. The van der Waals surface area contributed by atoms with Gasteiger partial charge in [0, 0.05) is 63.4 Å². The smallest absolute Gasteiger partial charge is 0.243 e. The van der Waals surface area contributed by atoms with E-state index in [9.17, 15) is 9.59 Å². The molecule has 1 aromatic carbocycles. The molecule has 0 aliphatic carbocycles. The fourth-order valence-corrected chi connectivity index (χ4v) is 4.80. The number of methoxy groups -OCH3 is 1. The van der Waals surface area contributed by atoms with Gasteiger partial charge in [0.05, 0.1) is 13.0 Å². The van der Waals surface area contributed by atoms with Crippen LogP contribution in [0.4, 0.5) is 16.8 Å². The number of hydrogen-bond donors (Lipinski definition) is 1. The normalized spacial score (nSPS) is 19.3. The van der Waals surface area contributed by atoms with Crippen molar-refractivity contribution in [2.24, 2.45) is 5.92 Å². The van der Waals surface area contributed by atoms with Crippen molar-refractivity contribution in [2.75, 3.05) is 61.5 Å². The van der Waals surface area contributed by atoms with Crippen molar-refractivity contribution in [1.29, 1.82) is 0 Å². The third-order valence-corrected chi connectivity index (χ3v) is 6.55. The summed E-state index contributed by atoms with van der Waals surface area (Å²) < 4.78 is 9.42. The van der Waals surface area contributed by atoms with E-state index in [0.29, 0.717) is 12.5 Å². The number of nitrogens with zero attached hydrogens (tertiary/aromatic N) is 5. The molecule has 0 radical (unpaired) electrons. The summed E-state index contributed by atoms with van der Waals surface area (Å²) in [4.78, 5) is 35.2. The van der Waals surface area contributed by atoms with Crippen LogP contribution in [0.1, 0.15) is 19.8 Å². The lowest BCUT2D eigenvalue weighted by Gasteiger charge is -2.39. The summed E-state index contributed by atoms with van der Waals surface area (Å²) in [5, 5.41) is 3.36. The SMILES string of the molecule is COc1ccc(N2CCN(C(=O)[C@H]3CCCN(c4nc(NC(C)=O)ns4)C3)CC2)cc1. The number of benzene rings is 1. The Labute approximate surface area is 186 Å². The Morgan fingerprint density at radius 1 is 1.10 bits per heavy atom. The Morgan fingerprint density at radius 2 is 1.84 bits per heavy atom. The van der Waals surface area contributed by atoms with Crippen LogP contribution in [0.25, 0.3) is 0 Å². The molecule has 1 N–H and O–H groups in total. The van der Waals surface area contributed by atoms with Crippen LogP contribution in [0.3, 0.4) is 0 Å². The van der Waals surface area contributed by atoms with E-state index in [0.717, 1.165) is 62.1 Å². The van der Waals surface area contributed by atoms with Crippen molar-refractivity contribution in [3.8, 4) is 5.75 Å². The van der Waals surface area contributed by atoms with Gasteiger partial charge in [-0.15, -0.1) is 0 Å². The van der Waals surface area contributed by atoms with Crippen molar-refractivity contribution >= 4 is 40.1 Å². The number of nitrogens with one attached hydrogen (secondary N) is 1. The minimum absolute atomic E-state index is 0.0330. The first-order chi connectivity index (χ1) is 15.0. The maximum Gasteiger partial charge on any atom is 0.243 e. The third-order valence-electron chi connectivity index (χ3n) is 5.77. The average Bonchev–Trinajstić information content (AvgIpc) is 3.27. The second-order valence-corrected chi connectivity index (χ2v) is 8.61. The van der Waals surface area contributed by atoms with Crippen LogP contribution in [0.15, 0.2) is 24.3 Å². The van der Waals surface area contributed by atoms with Gasteiger partial charge in [0.15, 0.2) is 0 Å². The molecule has 31 heavy (non-hydrogen) atoms. The van der Waals surface area contributed by atoms with E-state index in [-0.39, 0.29) is 17.7 Å². The minimum Gasteiger partial charge on any atom is -0.497 e. The Kier molecular flexibility index (Phi) is 6.55. The lowest BCUT2D eigenvalue weighted by atomic mass is 9.96. The van der Waals surface area contributed by atoms with Gasteiger partial charge in [-0.1, -0.05) is 0 Å². The number of anilines is 3. The van der Waals surface area contributed by atoms with Gasteiger partial charge in [-0.3, -0.25) is 14.9 Å². The van der Waals surface area contributed by atoms with Gasteiger partial charge < -0.3 is 19.4 Å². The van der Waals surface area contributed by atoms with Gasteiger partial charge >= 0.3 is 0 Å². The van der Waals surface area contributed by atoms with Crippen LogP contribution >= 0.6 is 11.5 Å². The second kappa shape index (κ2) is 9.51. The standard InChI is InChI=1S/C21H28N6O3S/c1-15(28)22-20-23-21(31-24-20)27-9-3-4-16(14-27)19(29)26-12-10-25(11-13-26)17-5-7-18(30-2)8-6-17/h5-8,16H,3-4,9-14H2,1-2H3,(H,22,24,28)/t16-/m0/s1. The van der Waals surface area contributed by atoms with Crippen LogP contribution in [-0.2, 0) is 9.59 Å². The molecule has 2 amide bonds. The molecule has 166 valence electrons. The first-order valence-electron chi connectivity index (χ1n) is 10.6. The van der Waals surface area contributed by atoms with Crippen LogP contribution in [0.2, 0.25) is 0 Å². The van der Waals surface area contributed by atoms with E-state index in [1.165, 1.54) is 18.5 Å². The van der Waals surface area contributed by atoms with Crippen molar-refractivity contribution in [3.05, 3.63) is 24.3 Å². The number of amides is 2. The molecule has 2 fully saturated rings. The predicted molar refractivity (Wildman–Crippen MR) is 121 cm³/mol. The molecule has 0 saturated carbocycles. The van der Waals surface area contributed by atoms with E-state index >= 15 is 0 Å². The number of aromatic nitrogens is 2. The van der Waals surface area contributed by atoms with Crippen LogP contribution in [0, 0.1) is 5.92 Å². The summed E-state index contributed by atoms with van der Waals surface area (Å²) >= 11 is 1.26. The largest absolute Gasteiger partial charge is 0.497 e. The topological polar surface area (TPSA) is 90.9 Å². The number of ether oxygens (including phenoxy) is 1. The molecule has 2 aliphatic rings. The molecule has 10 heteroatoms. The van der Waals surface area contributed by atoms with Gasteiger partial charge in [-0.05, 0) is 37.1 Å². The van der Waals surface area contributed by atoms with Crippen LogP contribution in [-0.4, -0.2) is 72.5 Å². The van der Waals surface area contributed by atoms with E-state index in [4.69, 9.17) is 4.74 Å². The highest BCUT2D eigenvalue weighted by atomic mass is 32.1. The molecule has 0 spiro atoms.